The van der Waals surface area contributed by atoms with E-state index in [-0.39, 0.29) is 28.2 Å². The molecule has 0 fully saturated rings. The third-order valence-electron chi connectivity index (χ3n) is 1.99. The van der Waals surface area contributed by atoms with Crippen molar-refractivity contribution in [1.29, 1.82) is 5.26 Å². The number of nitriles is 1. The summed E-state index contributed by atoms with van der Waals surface area (Å²) in [6.07, 6.45) is 0.570. The number of aldehydes is 1. The summed E-state index contributed by atoms with van der Waals surface area (Å²) in [4.78, 5) is 22.0. The van der Waals surface area contributed by atoms with Gasteiger partial charge < -0.3 is 4.74 Å². The molecule has 0 aliphatic carbocycles. The number of carbonyl (C=O) groups excluding carboxylic acids is 2. The van der Waals surface area contributed by atoms with Crippen LogP contribution in [0.15, 0.2) is 12.1 Å². The highest BCUT2D eigenvalue weighted by Crippen LogP contribution is 2.26. The van der Waals surface area contributed by atoms with Crippen LogP contribution in [0.3, 0.4) is 0 Å². The number of methoxy groups -OCH3 is 1. The highest BCUT2D eigenvalue weighted by molar-refractivity contribution is 6.04. The van der Waals surface area contributed by atoms with Crippen molar-refractivity contribution in [2.24, 2.45) is 0 Å². The summed E-state index contributed by atoms with van der Waals surface area (Å²) in [5.74, 6) is -0.138. The lowest BCUT2D eigenvalue weighted by Crippen LogP contribution is -2.04. The number of ketones is 1. The Balaban J connectivity index is 3.60. The molecule has 0 bridgehead atoms. The van der Waals surface area contributed by atoms with Crippen molar-refractivity contribution in [3.05, 3.63) is 28.8 Å². The Morgan fingerprint density at radius 2 is 2.20 bits per heavy atom. The maximum Gasteiger partial charge on any atom is 0.164 e. The highest BCUT2D eigenvalue weighted by atomic mass is 16.5. The molecule has 1 aromatic rings. The molecule has 0 atom stereocenters. The van der Waals surface area contributed by atoms with Crippen LogP contribution in [-0.2, 0) is 0 Å². The molecule has 0 aliphatic heterocycles. The predicted octanol–water partition coefficient (Wildman–Crippen LogP) is 1.58. The molecule has 1 rings (SSSR count). The first-order valence-electron chi connectivity index (χ1n) is 4.23. The van der Waals surface area contributed by atoms with Gasteiger partial charge in [-0.2, -0.15) is 5.26 Å². The van der Waals surface area contributed by atoms with Crippen molar-refractivity contribution >= 4 is 12.1 Å². The van der Waals surface area contributed by atoms with Gasteiger partial charge in [-0.25, -0.2) is 0 Å². The number of rotatable bonds is 3. The Bertz CT molecular complexity index is 458. The zero-order chi connectivity index (χ0) is 11.4. The summed E-state index contributed by atoms with van der Waals surface area (Å²) in [5, 5.41) is 8.79. The van der Waals surface area contributed by atoms with Gasteiger partial charge in [-0.3, -0.25) is 9.59 Å². The largest absolute Gasteiger partial charge is 0.495 e. The highest BCUT2D eigenvalue weighted by Gasteiger charge is 2.17. The van der Waals surface area contributed by atoms with Crippen LogP contribution in [0, 0.1) is 11.3 Å². The van der Waals surface area contributed by atoms with Crippen molar-refractivity contribution < 1.29 is 14.3 Å². The topological polar surface area (TPSA) is 67.2 Å². The molecule has 4 nitrogen and oxygen atoms in total. The van der Waals surface area contributed by atoms with Crippen LogP contribution in [0.1, 0.15) is 33.2 Å². The minimum Gasteiger partial charge on any atom is -0.495 e. The molecule has 0 saturated carbocycles. The Kier molecular flexibility index (Phi) is 3.19. The molecule has 0 aliphatic rings. The number of hydrogen-bond acceptors (Lipinski definition) is 4. The molecular weight excluding hydrogens is 194 g/mol. The van der Waals surface area contributed by atoms with Crippen LogP contribution in [-0.4, -0.2) is 19.2 Å². The molecule has 4 heteroatoms. The lowest BCUT2D eigenvalue weighted by atomic mass is 10.0. The van der Waals surface area contributed by atoms with E-state index in [4.69, 9.17) is 10.00 Å². The average Bonchev–Trinajstić information content (AvgIpc) is 2.26. The number of hydrogen-bond donors (Lipinski definition) is 0. The third kappa shape index (κ3) is 1.86. The van der Waals surface area contributed by atoms with Crippen LogP contribution in [0.2, 0.25) is 0 Å². The smallest absolute Gasteiger partial charge is 0.164 e. The molecule has 0 saturated heterocycles. The zero-order valence-corrected chi connectivity index (χ0v) is 8.40. The van der Waals surface area contributed by atoms with Crippen LogP contribution < -0.4 is 4.74 Å². The summed E-state index contributed by atoms with van der Waals surface area (Å²) in [5.41, 5.74) is 0.637. The summed E-state index contributed by atoms with van der Waals surface area (Å²) >= 11 is 0. The molecular formula is C11H9NO3. The van der Waals surface area contributed by atoms with Crippen LogP contribution in [0.5, 0.6) is 5.75 Å². The lowest BCUT2D eigenvalue weighted by molar-refractivity contribution is 0.100. The molecule has 0 aromatic heterocycles. The van der Waals surface area contributed by atoms with Gasteiger partial charge in [0.05, 0.1) is 18.2 Å². The van der Waals surface area contributed by atoms with E-state index in [0.29, 0.717) is 6.29 Å². The Morgan fingerprint density at radius 1 is 1.53 bits per heavy atom. The van der Waals surface area contributed by atoms with Gasteiger partial charge in [0.15, 0.2) is 12.1 Å². The average molecular weight is 203 g/mol. The molecule has 76 valence electrons. The summed E-state index contributed by atoms with van der Waals surface area (Å²) in [6.45, 7) is 1.33. The standard InChI is InChI=1S/C11H9NO3/c1-7(14)10-9(6-13)4-3-8(5-12)11(10)15-2/h3-4,6H,1-2H3. The van der Waals surface area contributed by atoms with E-state index in [1.807, 2.05) is 6.07 Å². The normalized spacial score (nSPS) is 9.13. The SMILES string of the molecule is COc1c(C#N)ccc(C=O)c1C(C)=O. The predicted molar refractivity (Wildman–Crippen MR) is 53.1 cm³/mol. The first-order chi connectivity index (χ1) is 7.15. The molecule has 0 unspecified atom stereocenters. The van der Waals surface area contributed by atoms with Crippen LogP contribution in [0.4, 0.5) is 0 Å². The van der Waals surface area contributed by atoms with Gasteiger partial charge in [0.25, 0.3) is 0 Å². The fraction of sp³-hybridized carbons (Fsp3) is 0.182. The van der Waals surface area contributed by atoms with Gasteiger partial charge in [-0.05, 0) is 19.1 Å². The van der Waals surface area contributed by atoms with E-state index in [2.05, 4.69) is 0 Å². The van der Waals surface area contributed by atoms with E-state index in [0.717, 1.165) is 0 Å². The van der Waals surface area contributed by atoms with Gasteiger partial charge in [-0.15, -0.1) is 0 Å². The Labute approximate surface area is 87.1 Å². The van der Waals surface area contributed by atoms with Crippen molar-refractivity contribution in [1.82, 2.24) is 0 Å². The fourth-order valence-electron chi connectivity index (χ4n) is 1.36. The fourth-order valence-corrected chi connectivity index (χ4v) is 1.36. The molecule has 0 radical (unpaired) electrons. The van der Waals surface area contributed by atoms with E-state index in [9.17, 15) is 9.59 Å². The quantitative estimate of drug-likeness (QED) is 0.552. The van der Waals surface area contributed by atoms with Crippen molar-refractivity contribution in [2.75, 3.05) is 7.11 Å². The second-order valence-corrected chi connectivity index (χ2v) is 2.90. The van der Waals surface area contributed by atoms with Crippen LogP contribution >= 0.6 is 0 Å². The Morgan fingerprint density at radius 3 is 2.60 bits per heavy atom. The number of ether oxygens (including phenoxy) is 1. The van der Waals surface area contributed by atoms with Crippen molar-refractivity contribution in [3.63, 3.8) is 0 Å². The van der Waals surface area contributed by atoms with Crippen LogP contribution in [0.25, 0.3) is 0 Å². The van der Waals surface area contributed by atoms with E-state index in [1.165, 1.54) is 26.2 Å². The minimum atomic E-state index is -0.300. The summed E-state index contributed by atoms with van der Waals surface area (Å²) < 4.78 is 4.97. The Hall–Kier alpha value is -2.15. The van der Waals surface area contributed by atoms with E-state index < -0.39 is 0 Å². The number of benzene rings is 1. The number of carbonyl (C=O) groups is 2. The van der Waals surface area contributed by atoms with Gasteiger partial charge in [0.1, 0.15) is 11.8 Å². The van der Waals surface area contributed by atoms with Crippen molar-refractivity contribution in [3.8, 4) is 11.8 Å². The van der Waals surface area contributed by atoms with Gasteiger partial charge >= 0.3 is 0 Å². The first-order valence-corrected chi connectivity index (χ1v) is 4.23. The minimum absolute atomic E-state index is 0.159. The number of Topliss-reactive ketones (excluding diaryl/α,β-unsaturated/α-hetero) is 1. The lowest BCUT2D eigenvalue weighted by Gasteiger charge is -2.09. The maximum absolute atomic E-state index is 11.3. The van der Waals surface area contributed by atoms with Crippen molar-refractivity contribution in [2.45, 2.75) is 6.92 Å². The molecule has 0 spiro atoms. The van der Waals surface area contributed by atoms with Gasteiger partial charge in [0.2, 0.25) is 0 Å². The third-order valence-corrected chi connectivity index (χ3v) is 1.99. The van der Waals surface area contributed by atoms with Gasteiger partial charge in [-0.1, -0.05) is 0 Å². The van der Waals surface area contributed by atoms with Gasteiger partial charge in [0, 0.05) is 5.56 Å². The molecule has 15 heavy (non-hydrogen) atoms. The monoisotopic (exact) mass is 203 g/mol. The second-order valence-electron chi connectivity index (χ2n) is 2.90. The van der Waals surface area contributed by atoms with E-state index in [1.54, 1.807) is 0 Å². The molecule has 1 aromatic carbocycles. The van der Waals surface area contributed by atoms with E-state index >= 15 is 0 Å². The first kappa shape index (κ1) is 10.9. The molecule has 0 N–H and O–H groups in total. The molecule has 0 amide bonds. The molecule has 0 heterocycles. The summed E-state index contributed by atoms with van der Waals surface area (Å²) in [7, 11) is 1.36. The summed E-state index contributed by atoms with van der Waals surface area (Å²) in [6, 6.07) is 4.79. The maximum atomic E-state index is 11.3. The number of nitrogens with zero attached hydrogens (tertiary/aromatic N) is 1. The zero-order valence-electron chi connectivity index (χ0n) is 8.40. The second kappa shape index (κ2) is 4.38.